The third kappa shape index (κ3) is 6.06. The Kier molecular flexibility index (Phi) is 8.35. The van der Waals surface area contributed by atoms with Crippen molar-refractivity contribution in [3.05, 3.63) is 84.4 Å². The Bertz CT molecular complexity index is 989. The van der Waals surface area contributed by atoms with Crippen LogP contribution in [0.4, 0.5) is 8.78 Å². The van der Waals surface area contributed by atoms with E-state index in [1.54, 1.807) is 36.4 Å². The van der Waals surface area contributed by atoms with Crippen LogP contribution >= 0.6 is 11.8 Å². The number of esters is 2. The molecule has 0 radical (unpaired) electrons. The van der Waals surface area contributed by atoms with E-state index in [0.29, 0.717) is 0 Å². The Balaban J connectivity index is 1.97. The van der Waals surface area contributed by atoms with E-state index in [-0.39, 0.29) is 16.2 Å². The maximum atomic E-state index is 14.1. The van der Waals surface area contributed by atoms with E-state index in [9.17, 15) is 18.4 Å². The first-order chi connectivity index (χ1) is 15.8. The summed E-state index contributed by atoms with van der Waals surface area (Å²) in [6, 6.07) is 15.9. The number of ether oxygens (including phenoxy) is 3. The van der Waals surface area contributed by atoms with Crippen LogP contribution in [-0.2, 0) is 14.2 Å². The molecule has 33 heavy (non-hydrogen) atoms. The predicted molar refractivity (Wildman–Crippen MR) is 121 cm³/mol. The van der Waals surface area contributed by atoms with Crippen molar-refractivity contribution in [3.63, 3.8) is 0 Å². The molecule has 0 bridgehead atoms. The van der Waals surface area contributed by atoms with E-state index < -0.39 is 48.0 Å². The molecular weight excluding hydrogens is 452 g/mol. The van der Waals surface area contributed by atoms with Gasteiger partial charge in [-0.2, -0.15) is 0 Å². The first kappa shape index (κ1) is 24.6. The fraction of sp³-hybridized carbons (Fsp3) is 0.292. The molecule has 1 aliphatic heterocycles. The molecule has 6 nitrogen and oxygen atoms in total. The fourth-order valence-electron chi connectivity index (χ4n) is 3.42. The van der Waals surface area contributed by atoms with E-state index >= 15 is 0 Å². The molecule has 9 heteroatoms. The zero-order chi connectivity index (χ0) is 24.0. The summed E-state index contributed by atoms with van der Waals surface area (Å²) in [5.41, 5.74) is -0.624. The lowest BCUT2D eigenvalue weighted by molar-refractivity contribution is -0.203. The van der Waals surface area contributed by atoms with E-state index in [0.717, 1.165) is 11.8 Å². The third-order valence-corrected chi connectivity index (χ3v) is 5.96. The van der Waals surface area contributed by atoms with Crippen molar-refractivity contribution in [3.8, 4) is 0 Å². The van der Waals surface area contributed by atoms with Crippen LogP contribution in [0.2, 0.25) is 0 Å². The summed E-state index contributed by atoms with van der Waals surface area (Å²) < 4.78 is 44.8. The lowest BCUT2D eigenvalue weighted by Crippen LogP contribution is -2.58. The molecule has 1 saturated heterocycles. The second-order valence-corrected chi connectivity index (χ2v) is 8.58. The number of carbonyl (C=O) groups is 2. The van der Waals surface area contributed by atoms with E-state index in [1.165, 1.54) is 37.3 Å². The first-order valence-corrected chi connectivity index (χ1v) is 11.0. The lowest BCUT2D eigenvalue weighted by atomic mass is 9.91. The lowest BCUT2D eigenvalue weighted by Gasteiger charge is -2.44. The molecular formula is C24H23F2NO5S. The van der Waals surface area contributed by atoms with Gasteiger partial charge in [-0.15, -0.1) is 6.58 Å². The smallest absolute Gasteiger partial charge is 0.338 e. The molecule has 0 amide bonds. The van der Waals surface area contributed by atoms with Gasteiger partial charge in [0.05, 0.1) is 22.1 Å². The average molecular weight is 476 g/mol. The highest BCUT2D eigenvalue weighted by atomic mass is 32.2. The Morgan fingerprint density at radius 1 is 1.00 bits per heavy atom. The summed E-state index contributed by atoms with van der Waals surface area (Å²) in [6.45, 7) is 5.21. The second-order valence-electron chi connectivity index (χ2n) is 7.26. The monoisotopic (exact) mass is 475 g/mol. The molecule has 1 fully saturated rings. The quantitative estimate of drug-likeness (QED) is 0.264. The van der Waals surface area contributed by atoms with Crippen molar-refractivity contribution < 1.29 is 32.6 Å². The van der Waals surface area contributed by atoms with Gasteiger partial charge >= 0.3 is 11.9 Å². The van der Waals surface area contributed by atoms with Crippen molar-refractivity contribution >= 4 is 28.7 Å². The molecule has 0 spiro atoms. The van der Waals surface area contributed by atoms with Gasteiger partial charge in [-0.1, -0.05) is 54.2 Å². The number of carbonyl (C=O) groups excluding carboxylic acids is 2. The van der Waals surface area contributed by atoms with Crippen molar-refractivity contribution in [2.24, 2.45) is 5.92 Å². The number of thioether (sulfide) groups is 1. The zero-order valence-corrected chi connectivity index (χ0v) is 18.5. The van der Waals surface area contributed by atoms with Crippen molar-refractivity contribution in [1.29, 1.82) is 5.41 Å². The topological polar surface area (TPSA) is 85.7 Å². The van der Waals surface area contributed by atoms with Crippen LogP contribution in [0.15, 0.2) is 73.3 Å². The van der Waals surface area contributed by atoms with Gasteiger partial charge in [0, 0.05) is 0 Å². The van der Waals surface area contributed by atoms with Crippen LogP contribution in [-0.4, -0.2) is 47.2 Å². The highest BCUT2D eigenvalue weighted by Gasteiger charge is 2.52. The van der Waals surface area contributed by atoms with Crippen LogP contribution in [0, 0.1) is 11.3 Å². The summed E-state index contributed by atoms with van der Waals surface area (Å²) >= 11 is 0.898. The molecule has 1 heterocycles. The van der Waals surface area contributed by atoms with Crippen molar-refractivity contribution in [2.75, 3.05) is 0 Å². The van der Waals surface area contributed by atoms with Gasteiger partial charge in [0.25, 0.3) is 6.43 Å². The third-order valence-electron chi connectivity index (χ3n) is 4.95. The minimum atomic E-state index is -3.04. The molecule has 1 N–H and O–H groups in total. The first-order valence-electron chi connectivity index (χ1n) is 10.1. The van der Waals surface area contributed by atoms with Crippen LogP contribution in [0.25, 0.3) is 0 Å². The molecule has 3 rings (SSSR count). The number of halogens is 2. The standard InChI is InChI=1S/C24H23F2NO5S/c1-3-17-18(30-22(28)15-10-6-4-7-11-15)19(31-23(29)16-12-8-5-9-13-16)20(21(25)26)32-24(17)33-14(2)27/h3-13,17-21,24,27H,1H2,2H3/t17-,18-,19+,20+,24-/m1/s1. The largest absolute Gasteiger partial charge is 0.454 e. The number of rotatable bonds is 7. The maximum Gasteiger partial charge on any atom is 0.338 e. The van der Waals surface area contributed by atoms with Crippen LogP contribution in [0.1, 0.15) is 27.6 Å². The van der Waals surface area contributed by atoms with Gasteiger partial charge in [0.15, 0.2) is 18.3 Å². The molecule has 2 aromatic rings. The highest BCUT2D eigenvalue weighted by Crippen LogP contribution is 2.39. The van der Waals surface area contributed by atoms with Gasteiger partial charge in [0.1, 0.15) is 5.44 Å². The molecule has 2 aromatic carbocycles. The molecule has 174 valence electrons. The minimum absolute atomic E-state index is 0.118. The Morgan fingerprint density at radius 3 is 1.91 bits per heavy atom. The molecule has 5 atom stereocenters. The highest BCUT2D eigenvalue weighted by molar-refractivity contribution is 8.14. The average Bonchev–Trinajstić information content (AvgIpc) is 2.81. The Morgan fingerprint density at radius 2 is 1.48 bits per heavy atom. The number of benzene rings is 2. The van der Waals surface area contributed by atoms with E-state index in [2.05, 4.69) is 6.58 Å². The number of alkyl halides is 2. The summed E-state index contributed by atoms with van der Waals surface area (Å²) in [7, 11) is 0. The molecule has 0 aromatic heterocycles. The normalized spacial score (nSPS) is 24.7. The summed E-state index contributed by atoms with van der Waals surface area (Å²) in [6.07, 6.45) is -6.44. The molecule has 0 aliphatic carbocycles. The van der Waals surface area contributed by atoms with E-state index in [1.807, 2.05) is 0 Å². The Hall–Kier alpha value is -3.04. The van der Waals surface area contributed by atoms with Crippen molar-refractivity contribution in [1.82, 2.24) is 0 Å². The summed E-state index contributed by atoms with van der Waals surface area (Å²) in [5, 5.41) is 7.87. The van der Waals surface area contributed by atoms with Gasteiger partial charge in [0.2, 0.25) is 0 Å². The van der Waals surface area contributed by atoms with Gasteiger partial charge < -0.3 is 14.2 Å². The van der Waals surface area contributed by atoms with Crippen LogP contribution < -0.4 is 0 Å². The number of hydrogen-bond acceptors (Lipinski definition) is 7. The molecule has 0 unspecified atom stereocenters. The number of hydrogen-bond donors (Lipinski definition) is 1. The minimum Gasteiger partial charge on any atom is -0.454 e. The van der Waals surface area contributed by atoms with Gasteiger partial charge in [-0.05, 0) is 31.2 Å². The van der Waals surface area contributed by atoms with Gasteiger partial charge in [-0.3, -0.25) is 5.41 Å². The van der Waals surface area contributed by atoms with Gasteiger partial charge in [-0.25, -0.2) is 18.4 Å². The maximum absolute atomic E-state index is 14.1. The van der Waals surface area contributed by atoms with E-state index in [4.69, 9.17) is 19.6 Å². The zero-order valence-electron chi connectivity index (χ0n) is 17.7. The molecule has 1 aliphatic rings. The predicted octanol–water partition coefficient (Wildman–Crippen LogP) is 4.96. The Labute approximate surface area is 194 Å². The van der Waals surface area contributed by atoms with Crippen LogP contribution in [0.5, 0.6) is 0 Å². The second kappa shape index (κ2) is 11.2. The van der Waals surface area contributed by atoms with Crippen LogP contribution in [0.3, 0.4) is 0 Å². The SMILES string of the molecule is C=C[C@@H]1[C@@H](OC(=O)c2ccccc2)[C@H](OC(=O)c2ccccc2)[C@@H](C(F)F)O[C@@H]1SC(C)=N. The van der Waals surface area contributed by atoms with Crippen molar-refractivity contribution in [2.45, 2.75) is 37.1 Å². The summed E-state index contributed by atoms with van der Waals surface area (Å²) in [5.74, 6) is -2.45. The fourth-order valence-corrected chi connectivity index (χ4v) is 4.38. The summed E-state index contributed by atoms with van der Waals surface area (Å²) in [4.78, 5) is 25.5. The number of nitrogens with one attached hydrogen (secondary N) is 1. The molecule has 0 saturated carbocycles.